The summed E-state index contributed by atoms with van der Waals surface area (Å²) < 4.78 is 28.0. The van der Waals surface area contributed by atoms with Crippen LogP contribution < -0.4 is 9.62 Å². The molecule has 0 bridgehead atoms. The van der Waals surface area contributed by atoms with E-state index in [2.05, 4.69) is 19.2 Å². The van der Waals surface area contributed by atoms with Gasteiger partial charge in [0, 0.05) is 18.7 Å². The van der Waals surface area contributed by atoms with E-state index in [9.17, 15) is 13.2 Å². The molecule has 0 unspecified atom stereocenters. The normalized spacial score (nSPS) is 13.6. The first-order valence-corrected chi connectivity index (χ1v) is 12.9. The van der Waals surface area contributed by atoms with Gasteiger partial charge in [-0.1, -0.05) is 56.3 Å². The van der Waals surface area contributed by atoms with Crippen molar-refractivity contribution >= 4 is 27.3 Å². The summed E-state index contributed by atoms with van der Waals surface area (Å²) in [6.07, 6.45) is 2.58. The second kappa shape index (κ2) is 9.79. The zero-order chi connectivity index (χ0) is 23.4. The van der Waals surface area contributed by atoms with Crippen LogP contribution in [-0.4, -0.2) is 20.9 Å². The molecule has 3 aromatic carbocycles. The number of nitrogens with zero attached hydrogens (tertiary/aromatic N) is 1. The summed E-state index contributed by atoms with van der Waals surface area (Å²) in [6, 6.07) is 22.5. The molecule has 3 aromatic rings. The third-order valence-electron chi connectivity index (χ3n) is 6.08. The third kappa shape index (κ3) is 5.28. The predicted octanol–water partition coefficient (Wildman–Crippen LogP) is 5.52. The van der Waals surface area contributed by atoms with E-state index in [1.807, 2.05) is 48.5 Å². The lowest BCUT2D eigenvalue weighted by Gasteiger charge is -2.30. The molecular formula is C27H30N2O3S. The highest BCUT2D eigenvalue weighted by molar-refractivity contribution is 7.92. The summed E-state index contributed by atoms with van der Waals surface area (Å²) >= 11 is 0. The molecule has 1 amide bonds. The molecule has 1 aliphatic rings. The number of fused-ring (bicyclic) bond motifs is 1. The average Bonchev–Trinajstić information content (AvgIpc) is 2.83. The number of aryl methyl sites for hydroxylation is 2. The van der Waals surface area contributed by atoms with E-state index in [4.69, 9.17) is 0 Å². The number of carbonyl (C=O) groups is 1. The van der Waals surface area contributed by atoms with E-state index in [0.29, 0.717) is 25.3 Å². The van der Waals surface area contributed by atoms with Gasteiger partial charge < -0.3 is 5.32 Å². The number of hydrogen-bond acceptors (Lipinski definition) is 3. The quantitative estimate of drug-likeness (QED) is 0.503. The van der Waals surface area contributed by atoms with Crippen LogP contribution in [0.4, 0.5) is 11.4 Å². The van der Waals surface area contributed by atoms with Crippen molar-refractivity contribution in [3.05, 3.63) is 89.5 Å². The molecule has 6 heteroatoms. The smallest absolute Gasteiger partial charge is 0.264 e. The van der Waals surface area contributed by atoms with Crippen molar-refractivity contribution in [3.63, 3.8) is 0 Å². The predicted molar refractivity (Wildman–Crippen MR) is 133 cm³/mol. The van der Waals surface area contributed by atoms with Crippen LogP contribution in [0.15, 0.2) is 77.7 Å². The van der Waals surface area contributed by atoms with Crippen LogP contribution in [0.25, 0.3) is 0 Å². The Hall–Kier alpha value is -3.12. The van der Waals surface area contributed by atoms with Gasteiger partial charge in [-0.2, -0.15) is 0 Å². The number of para-hydroxylation sites is 1. The van der Waals surface area contributed by atoms with E-state index in [-0.39, 0.29) is 10.8 Å². The summed E-state index contributed by atoms with van der Waals surface area (Å²) in [6.45, 7) is 4.75. The fourth-order valence-corrected chi connectivity index (χ4v) is 5.68. The van der Waals surface area contributed by atoms with Crippen molar-refractivity contribution in [2.24, 2.45) is 0 Å². The van der Waals surface area contributed by atoms with E-state index in [1.165, 1.54) is 9.87 Å². The monoisotopic (exact) mass is 462 g/mol. The minimum atomic E-state index is -3.62. The highest BCUT2D eigenvalue weighted by Gasteiger charge is 2.28. The lowest BCUT2D eigenvalue weighted by molar-refractivity contribution is -0.116. The average molecular weight is 463 g/mol. The molecule has 1 heterocycles. The molecule has 33 heavy (non-hydrogen) atoms. The second-order valence-corrected chi connectivity index (χ2v) is 10.6. The summed E-state index contributed by atoms with van der Waals surface area (Å²) in [5.41, 5.74) is 4.78. The van der Waals surface area contributed by atoms with E-state index < -0.39 is 10.0 Å². The van der Waals surface area contributed by atoms with Gasteiger partial charge in [0.15, 0.2) is 0 Å². The first-order valence-electron chi connectivity index (χ1n) is 11.4. The van der Waals surface area contributed by atoms with E-state index in [0.717, 1.165) is 35.3 Å². The summed E-state index contributed by atoms with van der Waals surface area (Å²) in [4.78, 5) is 12.6. The fourth-order valence-electron chi connectivity index (χ4n) is 4.14. The van der Waals surface area contributed by atoms with Gasteiger partial charge in [0.2, 0.25) is 5.91 Å². The first-order chi connectivity index (χ1) is 15.8. The summed E-state index contributed by atoms with van der Waals surface area (Å²) in [5.74, 6) is 0.389. The highest BCUT2D eigenvalue weighted by atomic mass is 32.2. The van der Waals surface area contributed by atoms with Gasteiger partial charge >= 0.3 is 0 Å². The van der Waals surface area contributed by atoms with Crippen LogP contribution in [0.2, 0.25) is 0 Å². The Morgan fingerprint density at radius 1 is 0.970 bits per heavy atom. The Balaban J connectivity index is 1.38. The van der Waals surface area contributed by atoms with Crippen LogP contribution >= 0.6 is 0 Å². The molecule has 0 fully saturated rings. The van der Waals surface area contributed by atoms with Crippen LogP contribution in [0.5, 0.6) is 0 Å². The molecule has 0 aromatic heterocycles. The van der Waals surface area contributed by atoms with Crippen molar-refractivity contribution < 1.29 is 13.2 Å². The van der Waals surface area contributed by atoms with Crippen LogP contribution in [-0.2, 0) is 27.7 Å². The zero-order valence-corrected chi connectivity index (χ0v) is 19.9. The van der Waals surface area contributed by atoms with Crippen molar-refractivity contribution in [2.45, 2.75) is 50.3 Å². The molecule has 0 saturated carbocycles. The Bertz CT molecular complexity index is 1220. The Morgan fingerprint density at radius 2 is 1.67 bits per heavy atom. The lowest BCUT2D eigenvalue weighted by atomic mass is 10.0. The van der Waals surface area contributed by atoms with E-state index >= 15 is 0 Å². The molecule has 0 spiro atoms. The van der Waals surface area contributed by atoms with Gasteiger partial charge in [0.05, 0.1) is 10.6 Å². The zero-order valence-electron chi connectivity index (χ0n) is 19.1. The van der Waals surface area contributed by atoms with Crippen molar-refractivity contribution in [1.29, 1.82) is 0 Å². The molecule has 0 atom stereocenters. The number of nitrogens with one attached hydrogen (secondary N) is 1. The largest absolute Gasteiger partial charge is 0.326 e. The van der Waals surface area contributed by atoms with Crippen molar-refractivity contribution in [3.8, 4) is 0 Å². The number of sulfonamides is 1. The summed E-state index contributed by atoms with van der Waals surface area (Å²) in [5, 5.41) is 2.92. The van der Waals surface area contributed by atoms with Crippen LogP contribution in [0.3, 0.4) is 0 Å². The fraction of sp³-hybridized carbons (Fsp3) is 0.296. The molecule has 172 valence electrons. The second-order valence-electron chi connectivity index (χ2n) is 8.78. The topological polar surface area (TPSA) is 66.5 Å². The Labute approximate surface area is 196 Å². The Kier molecular flexibility index (Phi) is 6.84. The van der Waals surface area contributed by atoms with Crippen molar-refractivity contribution in [2.75, 3.05) is 16.2 Å². The minimum absolute atomic E-state index is 0.0612. The van der Waals surface area contributed by atoms with Gasteiger partial charge in [0.1, 0.15) is 0 Å². The number of anilines is 2. The number of hydrogen-bond donors (Lipinski definition) is 1. The first kappa shape index (κ1) is 23.1. The molecule has 1 N–H and O–H groups in total. The number of carbonyl (C=O) groups excluding carboxylic acids is 1. The molecular weight excluding hydrogens is 432 g/mol. The molecule has 0 radical (unpaired) electrons. The van der Waals surface area contributed by atoms with Crippen LogP contribution in [0.1, 0.15) is 49.3 Å². The molecule has 4 rings (SSSR count). The van der Waals surface area contributed by atoms with Gasteiger partial charge in [-0.25, -0.2) is 8.42 Å². The highest BCUT2D eigenvalue weighted by Crippen LogP contribution is 2.31. The van der Waals surface area contributed by atoms with Crippen molar-refractivity contribution in [1.82, 2.24) is 0 Å². The maximum absolute atomic E-state index is 13.3. The van der Waals surface area contributed by atoms with Gasteiger partial charge in [0.25, 0.3) is 10.0 Å². The maximum Gasteiger partial charge on any atom is 0.264 e. The molecule has 0 saturated heterocycles. The molecule has 5 nitrogen and oxygen atoms in total. The van der Waals surface area contributed by atoms with Crippen LogP contribution in [0, 0.1) is 0 Å². The molecule has 1 aliphatic heterocycles. The standard InChI is InChI=1S/C27H30N2O3S/c1-20(2)22-12-14-24(15-13-22)28-27(30)18-11-21-9-16-25(17-10-21)33(31,32)29-19-5-7-23-6-3-4-8-26(23)29/h3-4,6,8-10,12-17,20H,5,7,11,18-19H2,1-2H3,(H,28,30). The SMILES string of the molecule is CC(C)c1ccc(NC(=O)CCc2ccc(S(=O)(=O)N3CCCc4ccccc43)cc2)cc1. The number of benzene rings is 3. The van der Waals surface area contributed by atoms with Gasteiger partial charge in [-0.15, -0.1) is 0 Å². The number of rotatable bonds is 7. The Morgan fingerprint density at radius 3 is 2.36 bits per heavy atom. The maximum atomic E-state index is 13.3. The van der Waals surface area contributed by atoms with Gasteiger partial charge in [-0.3, -0.25) is 9.10 Å². The lowest BCUT2D eigenvalue weighted by Crippen LogP contribution is -2.35. The number of amides is 1. The third-order valence-corrected chi connectivity index (χ3v) is 7.91. The minimum Gasteiger partial charge on any atom is -0.326 e. The van der Waals surface area contributed by atoms with E-state index in [1.54, 1.807) is 24.3 Å². The van der Waals surface area contributed by atoms with Gasteiger partial charge in [-0.05, 0) is 72.2 Å². The summed E-state index contributed by atoms with van der Waals surface area (Å²) in [7, 11) is -3.62. The molecule has 0 aliphatic carbocycles.